The topological polar surface area (TPSA) is 64.5 Å². The van der Waals surface area contributed by atoms with E-state index in [1.165, 1.54) is 0 Å². The monoisotopic (exact) mass is 131 g/mol. The molecule has 1 fully saturated rings. The fourth-order valence-electron chi connectivity index (χ4n) is 0.755. The second-order valence-corrected chi connectivity index (χ2v) is 2.47. The number of rotatable bonds is 0. The molecule has 0 atom stereocenters. The maximum atomic E-state index is 5.60. The number of likely N-dealkylation sites (N-methyl/N-ethyl adjacent to an activating group) is 1. The normalized spacial score (nSPS) is 28.3. The van der Waals surface area contributed by atoms with Crippen LogP contribution in [-0.4, -0.2) is 37.5 Å². The van der Waals surface area contributed by atoms with E-state index in [4.69, 9.17) is 16.2 Å². The predicted octanol–water partition coefficient (Wildman–Crippen LogP) is -1.48. The molecule has 0 spiro atoms. The van der Waals surface area contributed by atoms with Gasteiger partial charge in [0.1, 0.15) is 5.79 Å². The van der Waals surface area contributed by atoms with E-state index in [1.54, 1.807) is 0 Å². The molecule has 0 amide bonds. The summed E-state index contributed by atoms with van der Waals surface area (Å²) < 4.78 is 5.06. The molecule has 4 nitrogen and oxygen atoms in total. The lowest BCUT2D eigenvalue weighted by molar-refractivity contribution is -0.0499. The Balaban J connectivity index is 2.49. The Bertz CT molecular complexity index is 104. The first-order valence-corrected chi connectivity index (χ1v) is 3.00. The van der Waals surface area contributed by atoms with Crippen molar-refractivity contribution in [3.8, 4) is 0 Å². The largest absolute Gasteiger partial charge is 0.375 e. The van der Waals surface area contributed by atoms with Crippen LogP contribution in [0.3, 0.4) is 0 Å². The van der Waals surface area contributed by atoms with Gasteiger partial charge in [-0.15, -0.1) is 0 Å². The van der Waals surface area contributed by atoms with Gasteiger partial charge in [0.15, 0.2) is 0 Å². The van der Waals surface area contributed by atoms with E-state index < -0.39 is 5.79 Å². The predicted molar refractivity (Wildman–Crippen MR) is 34.6 cm³/mol. The molecule has 0 aromatic heterocycles. The van der Waals surface area contributed by atoms with Crippen LogP contribution in [0.4, 0.5) is 0 Å². The minimum Gasteiger partial charge on any atom is -0.375 e. The first-order valence-electron chi connectivity index (χ1n) is 3.00. The van der Waals surface area contributed by atoms with Crippen LogP contribution in [0.5, 0.6) is 0 Å². The Hall–Kier alpha value is -0.160. The Kier molecular flexibility index (Phi) is 1.72. The van der Waals surface area contributed by atoms with Gasteiger partial charge in [0.05, 0.1) is 13.2 Å². The Morgan fingerprint density at radius 1 is 1.56 bits per heavy atom. The molecule has 9 heavy (non-hydrogen) atoms. The molecule has 0 aliphatic carbocycles. The summed E-state index contributed by atoms with van der Waals surface area (Å²) in [5, 5.41) is 0. The van der Waals surface area contributed by atoms with E-state index in [1.807, 2.05) is 11.9 Å². The Labute approximate surface area is 54.7 Å². The molecule has 1 aliphatic heterocycles. The van der Waals surface area contributed by atoms with E-state index in [-0.39, 0.29) is 0 Å². The summed E-state index contributed by atoms with van der Waals surface area (Å²) in [6, 6.07) is 0. The van der Waals surface area contributed by atoms with Crippen molar-refractivity contribution in [2.24, 2.45) is 11.5 Å². The second kappa shape index (κ2) is 2.22. The van der Waals surface area contributed by atoms with Crippen LogP contribution in [0.15, 0.2) is 0 Å². The lowest BCUT2D eigenvalue weighted by atomic mass is 10.3. The highest BCUT2D eigenvalue weighted by Gasteiger charge is 2.28. The van der Waals surface area contributed by atoms with Gasteiger partial charge in [-0.3, -0.25) is 16.4 Å². The van der Waals surface area contributed by atoms with Crippen LogP contribution in [0.25, 0.3) is 0 Å². The molecule has 0 unspecified atom stereocenters. The number of hydrogen-bond donors (Lipinski definition) is 2. The van der Waals surface area contributed by atoms with Gasteiger partial charge in [-0.2, -0.15) is 0 Å². The lowest BCUT2D eigenvalue weighted by Gasteiger charge is -2.38. The van der Waals surface area contributed by atoms with Gasteiger partial charge < -0.3 is 4.74 Å². The number of nitrogens with zero attached hydrogens (tertiary/aromatic N) is 1. The molecule has 1 rings (SSSR count). The average Bonchev–Trinajstić information content (AvgIpc) is 1.77. The standard InChI is InChI=1S/C5H13N3O/c1-8-2-3-9-4-5(8,6)7/h2-4,6-7H2,1H3. The quantitative estimate of drug-likeness (QED) is 0.393. The maximum absolute atomic E-state index is 5.60. The minimum atomic E-state index is -0.752. The van der Waals surface area contributed by atoms with Gasteiger partial charge in [0.2, 0.25) is 0 Å². The summed E-state index contributed by atoms with van der Waals surface area (Å²) in [7, 11) is 1.89. The highest BCUT2D eigenvalue weighted by molar-refractivity contribution is 4.78. The first kappa shape index (κ1) is 6.95. The third-order valence-corrected chi connectivity index (χ3v) is 1.62. The molecular weight excluding hydrogens is 118 g/mol. The highest BCUT2D eigenvalue weighted by Crippen LogP contribution is 2.03. The average molecular weight is 131 g/mol. The molecule has 1 aliphatic rings. The minimum absolute atomic E-state index is 0.420. The molecule has 1 heterocycles. The summed E-state index contributed by atoms with van der Waals surface area (Å²) in [4.78, 5) is 1.89. The van der Waals surface area contributed by atoms with Crippen LogP contribution in [-0.2, 0) is 4.74 Å². The summed E-state index contributed by atoms with van der Waals surface area (Å²) in [5.41, 5.74) is 11.2. The van der Waals surface area contributed by atoms with Crippen molar-refractivity contribution in [1.82, 2.24) is 4.90 Å². The van der Waals surface area contributed by atoms with E-state index in [0.29, 0.717) is 6.61 Å². The molecule has 0 radical (unpaired) electrons. The Morgan fingerprint density at radius 3 is 2.56 bits per heavy atom. The van der Waals surface area contributed by atoms with E-state index >= 15 is 0 Å². The summed E-state index contributed by atoms with van der Waals surface area (Å²) in [6.45, 7) is 1.96. The van der Waals surface area contributed by atoms with Crippen LogP contribution in [0, 0.1) is 0 Å². The second-order valence-electron chi connectivity index (χ2n) is 2.47. The van der Waals surface area contributed by atoms with Crippen molar-refractivity contribution >= 4 is 0 Å². The SMILES string of the molecule is CN1CCOCC1(N)N. The van der Waals surface area contributed by atoms with Gasteiger partial charge in [-0.25, -0.2) is 0 Å². The van der Waals surface area contributed by atoms with Gasteiger partial charge in [0, 0.05) is 6.54 Å². The smallest absolute Gasteiger partial charge is 0.145 e. The summed E-state index contributed by atoms with van der Waals surface area (Å²) in [5.74, 6) is -0.752. The lowest BCUT2D eigenvalue weighted by Crippen LogP contribution is -2.67. The number of morpholine rings is 1. The molecule has 1 saturated heterocycles. The van der Waals surface area contributed by atoms with Crippen LogP contribution in [0.2, 0.25) is 0 Å². The van der Waals surface area contributed by atoms with Crippen molar-refractivity contribution in [2.45, 2.75) is 5.79 Å². The fraction of sp³-hybridized carbons (Fsp3) is 1.00. The zero-order chi connectivity index (χ0) is 6.91. The number of nitrogens with two attached hydrogens (primary N) is 2. The molecule has 0 aromatic carbocycles. The molecule has 0 aromatic rings. The van der Waals surface area contributed by atoms with Crippen molar-refractivity contribution in [2.75, 3.05) is 26.8 Å². The van der Waals surface area contributed by atoms with Crippen molar-refractivity contribution < 1.29 is 4.74 Å². The molecule has 54 valence electrons. The summed E-state index contributed by atoms with van der Waals surface area (Å²) in [6.07, 6.45) is 0. The maximum Gasteiger partial charge on any atom is 0.145 e. The van der Waals surface area contributed by atoms with Crippen molar-refractivity contribution in [3.63, 3.8) is 0 Å². The van der Waals surface area contributed by atoms with Gasteiger partial charge in [-0.05, 0) is 7.05 Å². The number of hydrogen-bond acceptors (Lipinski definition) is 4. The van der Waals surface area contributed by atoms with Crippen LogP contribution in [0.1, 0.15) is 0 Å². The fourth-order valence-corrected chi connectivity index (χ4v) is 0.755. The van der Waals surface area contributed by atoms with Crippen molar-refractivity contribution in [1.29, 1.82) is 0 Å². The summed E-state index contributed by atoms with van der Waals surface area (Å²) >= 11 is 0. The van der Waals surface area contributed by atoms with Crippen LogP contribution >= 0.6 is 0 Å². The van der Waals surface area contributed by atoms with E-state index in [2.05, 4.69) is 0 Å². The highest BCUT2D eigenvalue weighted by atomic mass is 16.5. The van der Waals surface area contributed by atoms with Crippen LogP contribution < -0.4 is 11.5 Å². The van der Waals surface area contributed by atoms with Gasteiger partial charge >= 0.3 is 0 Å². The zero-order valence-corrected chi connectivity index (χ0v) is 5.63. The van der Waals surface area contributed by atoms with Gasteiger partial charge in [-0.1, -0.05) is 0 Å². The van der Waals surface area contributed by atoms with E-state index in [9.17, 15) is 0 Å². The first-order chi connectivity index (χ1) is 4.13. The molecule has 4 heteroatoms. The molecule has 4 N–H and O–H groups in total. The number of ether oxygens (including phenoxy) is 1. The molecular formula is C5H13N3O. The van der Waals surface area contributed by atoms with Crippen molar-refractivity contribution in [3.05, 3.63) is 0 Å². The zero-order valence-electron chi connectivity index (χ0n) is 5.63. The third kappa shape index (κ3) is 1.40. The third-order valence-electron chi connectivity index (χ3n) is 1.62. The van der Waals surface area contributed by atoms with Gasteiger partial charge in [0.25, 0.3) is 0 Å². The molecule has 0 bridgehead atoms. The molecule has 0 saturated carbocycles. The van der Waals surface area contributed by atoms with E-state index in [0.717, 1.165) is 13.2 Å². The Morgan fingerprint density at radius 2 is 2.22 bits per heavy atom.